The first-order chi connectivity index (χ1) is 9.49. The van der Waals surface area contributed by atoms with Gasteiger partial charge in [-0.25, -0.2) is 0 Å². The van der Waals surface area contributed by atoms with Crippen molar-refractivity contribution in [3.63, 3.8) is 0 Å². The first kappa shape index (κ1) is 14.3. The molecule has 2 rings (SSSR count). The van der Waals surface area contributed by atoms with Crippen molar-refractivity contribution in [2.75, 3.05) is 11.4 Å². The number of carboxylic acid groups (broad SMARTS) is 1. The highest BCUT2D eigenvalue weighted by Crippen LogP contribution is 2.31. The third-order valence-corrected chi connectivity index (χ3v) is 3.74. The van der Waals surface area contributed by atoms with Crippen molar-refractivity contribution in [1.29, 1.82) is 0 Å². The summed E-state index contributed by atoms with van der Waals surface area (Å²) in [5.74, 6) is -0.804. The molecule has 0 spiro atoms. The number of aliphatic carboxylic acids is 1. The Balaban J connectivity index is 2.27. The quantitative estimate of drug-likeness (QED) is 0.676. The standard InChI is InChI=1S/C14H18N2O4/c1-10-8-12(16(19)20)5-6-13(10)15-7-3-2-4-11(15)9-14(17)18/h5-6,8,11H,2-4,7,9H2,1H3,(H,17,18). The molecule has 0 aromatic heterocycles. The van der Waals surface area contributed by atoms with Gasteiger partial charge >= 0.3 is 5.97 Å². The molecule has 1 heterocycles. The summed E-state index contributed by atoms with van der Waals surface area (Å²) in [7, 11) is 0. The number of rotatable bonds is 4. The Hall–Kier alpha value is -2.11. The van der Waals surface area contributed by atoms with Crippen LogP contribution in [0.25, 0.3) is 0 Å². The molecule has 1 aromatic rings. The van der Waals surface area contributed by atoms with Gasteiger partial charge in [0.2, 0.25) is 0 Å². The molecule has 1 aromatic carbocycles. The van der Waals surface area contributed by atoms with E-state index in [9.17, 15) is 14.9 Å². The summed E-state index contributed by atoms with van der Waals surface area (Å²) < 4.78 is 0. The molecule has 1 saturated heterocycles. The zero-order valence-electron chi connectivity index (χ0n) is 11.4. The van der Waals surface area contributed by atoms with Crippen LogP contribution in [0.1, 0.15) is 31.2 Å². The number of hydrogen-bond acceptors (Lipinski definition) is 4. The van der Waals surface area contributed by atoms with Gasteiger partial charge in [-0.1, -0.05) is 0 Å². The first-order valence-corrected chi connectivity index (χ1v) is 6.72. The van der Waals surface area contributed by atoms with E-state index < -0.39 is 10.9 Å². The highest BCUT2D eigenvalue weighted by atomic mass is 16.6. The van der Waals surface area contributed by atoms with Crippen molar-refractivity contribution < 1.29 is 14.8 Å². The van der Waals surface area contributed by atoms with E-state index in [-0.39, 0.29) is 18.2 Å². The second-order valence-corrected chi connectivity index (χ2v) is 5.17. The molecule has 0 bridgehead atoms. The molecule has 20 heavy (non-hydrogen) atoms. The summed E-state index contributed by atoms with van der Waals surface area (Å²) in [6, 6.07) is 4.73. The van der Waals surface area contributed by atoms with E-state index in [4.69, 9.17) is 5.11 Å². The smallest absolute Gasteiger partial charge is 0.305 e. The van der Waals surface area contributed by atoms with Gasteiger partial charge in [0.1, 0.15) is 0 Å². The Kier molecular flexibility index (Phi) is 4.22. The summed E-state index contributed by atoms with van der Waals surface area (Å²) in [5.41, 5.74) is 1.79. The number of carboxylic acids is 1. The van der Waals surface area contributed by atoms with Gasteiger partial charge in [0.25, 0.3) is 5.69 Å². The van der Waals surface area contributed by atoms with Gasteiger partial charge in [-0.05, 0) is 37.8 Å². The van der Waals surface area contributed by atoms with Crippen molar-refractivity contribution in [3.8, 4) is 0 Å². The van der Waals surface area contributed by atoms with Gasteiger partial charge in [-0.15, -0.1) is 0 Å². The molecule has 0 radical (unpaired) electrons. The number of carbonyl (C=O) groups is 1. The fraction of sp³-hybridized carbons (Fsp3) is 0.500. The monoisotopic (exact) mass is 278 g/mol. The third-order valence-electron chi connectivity index (χ3n) is 3.74. The van der Waals surface area contributed by atoms with E-state index in [1.165, 1.54) is 6.07 Å². The van der Waals surface area contributed by atoms with Crippen molar-refractivity contribution in [3.05, 3.63) is 33.9 Å². The minimum atomic E-state index is -0.804. The highest BCUT2D eigenvalue weighted by Gasteiger charge is 2.26. The first-order valence-electron chi connectivity index (χ1n) is 6.72. The minimum absolute atomic E-state index is 0.0265. The van der Waals surface area contributed by atoms with Gasteiger partial charge in [0.15, 0.2) is 0 Å². The molecular weight excluding hydrogens is 260 g/mol. The topological polar surface area (TPSA) is 83.7 Å². The zero-order valence-corrected chi connectivity index (χ0v) is 11.4. The van der Waals surface area contributed by atoms with Crippen molar-refractivity contribution in [1.82, 2.24) is 0 Å². The SMILES string of the molecule is Cc1cc([N+](=O)[O-])ccc1N1CCCCC1CC(=O)O. The Bertz CT molecular complexity index is 530. The van der Waals surface area contributed by atoms with Crippen LogP contribution < -0.4 is 4.90 Å². The number of aryl methyl sites for hydroxylation is 1. The number of nitro benzene ring substituents is 1. The number of benzene rings is 1. The molecule has 1 N–H and O–H groups in total. The number of piperidine rings is 1. The lowest BCUT2D eigenvalue weighted by Crippen LogP contribution is -2.41. The van der Waals surface area contributed by atoms with Gasteiger partial charge < -0.3 is 10.0 Å². The highest BCUT2D eigenvalue weighted by molar-refractivity contribution is 5.69. The molecule has 108 valence electrons. The summed E-state index contributed by atoms with van der Waals surface area (Å²) in [6.45, 7) is 2.63. The number of anilines is 1. The summed E-state index contributed by atoms with van der Waals surface area (Å²) in [5, 5.41) is 19.8. The predicted octanol–water partition coefficient (Wildman–Crippen LogP) is 2.74. The van der Waals surface area contributed by atoms with Crippen LogP contribution >= 0.6 is 0 Å². The molecule has 1 aliphatic heterocycles. The summed E-state index contributed by atoms with van der Waals surface area (Å²) >= 11 is 0. The fourth-order valence-corrected chi connectivity index (χ4v) is 2.81. The number of non-ortho nitro benzene ring substituents is 1. The minimum Gasteiger partial charge on any atom is -0.481 e. The number of nitro groups is 1. The van der Waals surface area contributed by atoms with E-state index in [1.54, 1.807) is 12.1 Å². The molecule has 1 atom stereocenters. The van der Waals surface area contributed by atoms with Crippen molar-refractivity contribution >= 4 is 17.3 Å². The lowest BCUT2D eigenvalue weighted by atomic mass is 9.97. The second-order valence-electron chi connectivity index (χ2n) is 5.17. The molecule has 1 fully saturated rings. The average molecular weight is 278 g/mol. The summed E-state index contributed by atoms with van der Waals surface area (Å²) in [4.78, 5) is 23.4. The van der Waals surface area contributed by atoms with Crippen LogP contribution in [0.5, 0.6) is 0 Å². The van der Waals surface area contributed by atoms with Gasteiger partial charge in [-0.2, -0.15) is 0 Å². The van der Waals surface area contributed by atoms with Crippen LogP contribution in [0.2, 0.25) is 0 Å². The molecule has 1 unspecified atom stereocenters. The predicted molar refractivity (Wildman–Crippen MR) is 75.1 cm³/mol. The van der Waals surface area contributed by atoms with Crippen LogP contribution in [-0.4, -0.2) is 28.6 Å². The van der Waals surface area contributed by atoms with Gasteiger partial charge in [0, 0.05) is 30.4 Å². The maximum Gasteiger partial charge on any atom is 0.305 e. The second kappa shape index (κ2) is 5.90. The number of hydrogen-bond donors (Lipinski definition) is 1. The molecule has 0 saturated carbocycles. The van der Waals surface area contributed by atoms with Crippen LogP contribution in [0.3, 0.4) is 0 Å². The molecule has 0 aliphatic carbocycles. The molecule has 0 amide bonds. The maximum atomic E-state index is 11.0. The molecular formula is C14H18N2O4. The average Bonchev–Trinajstić information content (AvgIpc) is 2.39. The largest absolute Gasteiger partial charge is 0.481 e. The Morgan fingerprint density at radius 3 is 2.85 bits per heavy atom. The van der Waals surface area contributed by atoms with Crippen LogP contribution in [0.4, 0.5) is 11.4 Å². The van der Waals surface area contributed by atoms with Gasteiger partial charge in [-0.3, -0.25) is 14.9 Å². The Morgan fingerprint density at radius 1 is 1.50 bits per heavy atom. The lowest BCUT2D eigenvalue weighted by molar-refractivity contribution is -0.384. The lowest BCUT2D eigenvalue weighted by Gasteiger charge is -2.37. The van der Waals surface area contributed by atoms with E-state index in [2.05, 4.69) is 4.90 Å². The molecule has 6 heteroatoms. The normalized spacial score (nSPS) is 18.9. The zero-order chi connectivity index (χ0) is 14.7. The van der Waals surface area contributed by atoms with E-state index in [0.29, 0.717) is 0 Å². The third kappa shape index (κ3) is 3.07. The Morgan fingerprint density at radius 2 is 2.25 bits per heavy atom. The summed E-state index contributed by atoms with van der Waals surface area (Å²) in [6.07, 6.45) is 3.01. The van der Waals surface area contributed by atoms with Crippen molar-refractivity contribution in [2.24, 2.45) is 0 Å². The van der Waals surface area contributed by atoms with E-state index >= 15 is 0 Å². The Labute approximate surface area is 117 Å². The van der Waals surface area contributed by atoms with E-state index in [1.807, 2.05) is 6.92 Å². The van der Waals surface area contributed by atoms with E-state index in [0.717, 1.165) is 37.1 Å². The molecule has 1 aliphatic rings. The van der Waals surface area contributed by atoms with Crippen LogP contribution in [-0.2, 0) is 4.79 Å². The fourth-order valence-electron chi connectivity index (χ4n) is 2.81. The van der Waals surface area contributed by atoms with Crippen LogP contribution in [0, 0.1) is 17.0 Å². The van der Waals surface area contributed by atoms with Crippen molar-refractivity contribution in [2.45, 2.75) is 38.6 Å². The molecule has 6 nitrogen and oxygen atoms in total. The van der Waals surface area contributed by atoms with Crippen LogP contribution in [0.15, 0.2) is 18.2 Å². The van der Waals surface area contributed by atoms with Gasteiger partial charge in [0.05, 0.1) is 11.3 Å². The number of nitrogens with zero attached hydrogens (tertiary/aromatic N) is 2. The maximum absolute atomic E-state index is 11.0.